The van der Waals surface area contributed by atoms with Crippen LogP contribution in [0.3, 0.4) is 0 Å². The highest BCUT2D eigenvalue weighted by Gasteiger charge is 2.11. The largest absolute Gasteiger partial charge is 0.452 e. The normalized spacial score (nSPS) is 11.2. The van der Waals surface area contributed by atoms with Gasteiger partial charge in [0.15, 0.2) is 0 Å². The molecule has 1 N–H and O–H groups in total. The number of nitrogens with one attached hydrogen (secondary N) is 1. The van der Waals surface area contributed by atoms with E-state index in [0.29, 0.717) is 11.4 Å². The fourth-order valence-corrected chi connectivity index (χ4v) is 1.47. The molecule has 2 aromatic rings. The first kappa shape index (κ1) is 12.7. The summed E-state index contributed by atoms with van der Waals surface area (Å²) in [5.74, 6) is 0. The number of aromatic nitrogens is 3. The molecule has 0 aliphatic carbocycles. The molecule has 1 heterocycles. The topological polar surface area (TPSA) is 81.4 Å². The monoisotopic (exact) mass is 259 g/mol. The molecule has 0 aliphatic heterocycles. The zero-order chi connectivity index (χ0) is 13.7. The summed E-state index contributed by atoms with van der Waals surface area (Å²) in [7, 11) is 3.03. The van der Waals surface area contributed by atoms with Crippen LogP contribution >= 0.6 is 0 Å². The molecule has 1 aromatic heterocycles. The van der Waals surface area contributed by atoms with Crippen molar-refractivity contribution in [1.82, 2.24) is 20.4 Å². The van der Waals surface area contributed by atoms with E-state index in [1.807, 2.05) is 30.3 Å². The summed E-state index contributed by atoms with van der Waals surface area (Å²) < 4.78 is 6.04. The van der Waals surface area contributed by atoms with E-state index in [2.05, 4.69) is 25.6 Å². The lowest BCUT2D eigenvalue weighted by Gasteiger charge is -2.03. The molecule has 0 saturated heterocycles. The maximum atomic E-state index is 11.1. The number of hydrazone groups is 1. The van der Waals surface area contributed by atoms with Gasteiger partial charge in [-0.05, 0) is 0 Å². The van der Waals surface area contributed by atoms with Gasteiger partial charge in [0, 0.05) is 12.6 Å². The van der Waals surface area contributed by atoms with Crippen molar-refractivity contribution in [1.29, 1.82) is 0 Å². The second-order valence-corrected chi connectivity index (χ2v) is 3.71. The Bertz CT molecular complexity index is 591. The lowest BCUT2D eigenvalue weighted by atomic mass is 10.1. The highest BCUT2D eigenvalue weighted by molar-refractivity contribution is 6.11. The number of hydrogen-bond acceptors (Lipinski definition) is 5. The number of hydrogen-bond donors (Lipinski definition) is 1. The molecule has 0 radical (unpaired) electrons. The summed E-state index contributed by atoms with van der Waals surface area (Å²) in [4.78, 5) is 11.1. The summed E-state index contributed by atoms with van der Waals surface area (Å²) in [5.41, 5.74) is 4.18. The summed E-state index contributed by atoms with van der Waals surface area (Å²) in [5, 5.41) is 11.9. The minimum atomic E-state index is -0.641. The molecular weight excluding hydrogens is 246 g/mol. The highest BCUT2D eigenvalue weighted by Crippen LogP contribution is 2.07. The third-order valence-corrected chi connectivity index (χ3v) is 2.34. The van der Waals surface area contributed by atoms with Gasteiger partial charge in [-0.25, -0.2) is 10.2 Å². The Morgan fingerprint density at radius 3 is 2.68 bits per heavy atom. The van der Waals surface area contributed by atoms with Crippen molar-refractivity contribution in [2.45, 2.75) is 0 Å². The van der Waals surface area contributed by atoms with Crippen molar-refractivity contribution in [3.8, 4) is 0 Å². The first-order valence-corrected chi connectivity index (χ1v) is 5.54. The third kappa shape index (κ3) is 3.15. The highest BCUT2D eigenvalue weighted by atomic mass is 16.5. The molecule has 1 aromatic carbocycles. The number of methoxy groups -OCH3 is 1. The Labute approximate surface area is 109 Å². The molecule has 19 heavy (non-hydrogen) atoms. The fourth-order valence-electron chi connectivity index (χ4n) is 1.47. The van der Waals surface area contributed by atoms with E-state index in [-0.39, 0.29) is 0 Å². The Morgan fingerprint density at radius 2 is 2.11 bits per heavy atom. The minimum absolute atomic E-state index is 0.513. The van der Waals surface area contributed by atoms with E-state index >= 15 is 0 Å². The maximum absolute atomic E-state index is 11.1. The average Bonchev–Trinajstić information content (AvgIpc) is 2.86. The van der Waals surface area contributed by atoms with Crippen molar-refractivity contribution in [3.05, 3.63) is 47.8 Å². The standard InChI is InChI=1S/C12H13N5O2/c1-17-8-10(13-16-17)11(14-15-12(18)19-2)9-6-4-3-5-7-9/h3-8H,1-2H3,(H,15,18). The predicted molar refractivity (Wildman–Crippen MR) is 68.6 cm³/mol. The van der Waals surface area contributed by atoms with Crippen LogP contribution < -0.4 is 5.43 Å². The molecule has 7 nitrogen and oxygen atoms in total. The van der Waals surface area contributed by atoms with Gasteiger partial charge < -0.3 is 4.74 Å². The van der Waals surface area contributed by atoms with Crippen LogP contribution in [0, 0.1) is 0 Å². The van der Waals surface area contributed by atoms with E-state index in [1.54, 1.807) is 17.9 Å². The second kappa shape index (κ2) is 5.76. The van der Waals surface area contributed by atoms with Gasteiger partial charge in [-0.1, -0.05) is 35.5 Å². The molecule has 2 rings (SSSR count). The van der Waals surface area contributed by atoms with Crippen molar-refractivity contribution >= 4 is 11.8 Å². The Balaban J connectivity index is 2.36. The van der Waals surface area contributed by atoms with Crippen LogP contribution in [0.4, 0.5) is 4.79 Å². The lowest BCUT2D eigenvalue weighted by Crippen LogP contribution is -2.20. The van der Waals surface area contributed by atoms with Crippen LogP contribution in [0.15, 0.2) is 41.6 Å². The van der Waals surface area contributed by atoms with E-state index in [0.717, 1.165) is 5.56 Å². The van der Waals surface area contributed by atoms with Crippen molar-refractivity contribution in [2.75, 3.05) is 7.11 Å². The van der Waals surface area contributed by atoms with Gasteiger partial charge in [-0.3, -0.25) is 4.68 Å². The molecule has 0 spiro atoms. The summed E-state index contributed by atoms with van der Waals surface area (Å²) in [6.45, 7) is 0. The van der Waals surface area contributed by atoms with Crippen molar-refractivity contribution in [3.63, 3.8) is 0 Å². The van der Waals surface area contributed by atoms with Gasteiger partial charge in [-0.2, -0.15) is 5.10 Å². The quantitative estimate of drug-likeness (QED) is 0.656. The van der Waals surface area contributed by atoms with Crippen LogP contribution in [0.5, 0.6) is 0 Å². The second-order valence-electron chi connectivity index (χ2n) is 3.71. The molecule has 0 atom stereocenters. The van der Waals surface area contributed by atoms with E-state index in [4.69, 9.17) is 0 Å². The zero-order valence-corrected chi connectivity index (χ0v) is 10.6. The number of amides is 1. The van der Waals surface area contributed by atoms with Crippen molar-refractivity contribution < 1.29 is 9.53 Å². The van der Waals surface area contributed by atoms with Gasteiger partial charge in [-0.15, -0.1) is 5.10 Å². The Morgan fingerprint density at radius 1 is 1.37 bits per heavy atom. The Kier molecular flexibility index (Phi) is 3.87. The van der Waals surface area contributed by atoms with Crippen LogP contribution in [0.25, 0.3) is 0 Å². The first-order chi connectivity index (χ1) is 9.20. The molecule has 0 aliphatic rings. The van der Waals surface area contributed by atoms with E-state index in [9.17, 15) is 4.79 Å². The molecule has 0 bridgehead atoms. The minimum Gasteiger partial charge on any atom is -0.452 e. The van der Waals surface area contributed by atoms with E-state index < -0.39 is 6.09 Å². The number of nitrogens with zero attached hydrogens (tertiary/aromatic N) is 4. The van der Waals surface area contributed by atoms with Crippen LogP contribution in [0.2, 0.25) is 0 Å². The van der Waals surface area contributed by atoms with Crippen LogP contribution in [0.1, 0.15) is 11.3 Å². The van der Waals surface area contributed by atoms with Gasteiger partial charge in [0.05, 0.1) is 13.3 Å². The van der Waals surface area contributed by atoms with Gasteiger partial charge >= 0.3 is 6.09 Å². The molecule has 1 amide bonds. The molecule has 98 valence electrons. The number of aryl methyl sites for hydroxylation is 1. The number of carbonyl (C=O) groups excluding carboxylic acids is 1. The smallest absolute Gasteiger partial charge is 0.427 e. The van der Waals surface area contributed by atoms with E-state index in [1.165, 1.54) is 7.11 Å². The number of carbonyl (C=O) groups is 1. The summed E-state index contributed by atoms with van der Waals surface area (Å²) in [6, 6.07) is 9.38. The fraction of sp³-hybridized carbons (Fsp3) is 0.167. The van der Waals surface area contributed by atoms with Crippen LogP contribution in [-0.4, -0.2) is 33.9 Å². The zero-order valence-electron chi connectivity index (χ0n) is 10.6. The number of ether oxygens (including phenoxy) is 1. The SMILES string of the molecule is COC(=O)NN=C(c1ccccc1)c1cn(C)nn1. The molecule has 0 unspecified atom stereocenters. The van der Waals surface area contributed by atoms with Gasteiger partial charge in [0.25, 0.3) is 0 Å². The van der Waals surface area contributed by atoms with Crippen LogP contribution in [-0.2, 0) is 11.8 Å². The summed E-state index contributed by atoms with van der Waals surface area (Å²) >= 11 is 0. The molecular formula is C12H13N5O2. The Hall–Kier alpha value is -2.70. The lowest BCUT2D eigenvalue weighted by molar-refractivity contribution is 0.171. The maximum Gasteiger partial charge on any atom is 0.427 e. The average molecular weight is 259 g/mol. The number of benzene rings is 1. The molecule has 7 heteroatoms. The predicted octanol–water partition coefficient (Wildman–Crippen LogP) is 0.923. The summed E-state index contributed by atoms with van der Waals surface area (Å²) in [6.07, 6.45) is 1.07. The number of rotatable bonds is 3. The molecule has 0 saturated carbocycles. The van der Waals surface area contributed by atoms with Crippen molar-refractivity contribution in [2.24, 2.45) is 12.1 Å². The molecule has 0 fully saturated rings. The third-order valence-electron chi connectivity index (χ3n) is 2.34. The van der Waals surface area contributed by atoms with Gasteiger partial charge in [0.1, 0.15) is 11.4 Å². The first-order valence-electron chi connectivity index (χ1n) is 5.54. The van der Waals surface area contributed by atoms with Gasteiger partial charge in [0.2, 0.25) is 0 Å².